The molecule has 0 aliphatic carbocycles. The Morgan fingerprint density at radius 2 is 1.71 bits per heavy atom. The molecule has 0 unspecified atom stereocenters. The predicted octanol–water partition coefficient (Wildman–Crippen LogP) is 4.19. The lowest BCUT2D eigenvalue weighted by Crippen LogP contribution is -2.38. The number of hydrogen-bond acceptors (Lipinski definition) is 5. The lowest BCUT2D eigenvalue weighted by Gasteiger charge is -2.26. The lowest BCUT2D eigenvalue weighted by atomic mass is 10.2. The van der Waals surface area contributed by atoms with Crippen LogP contribution in [0.15, 0.2) is 77.7 Å². The van der Waals surface area contributed by atoms with E-state index in [1.165, 1.54) is 32.4 Å². The van der Waals surface area contributed by atoms with Gasteiger partial charge in [-0.2, -0.15) is 0 Å². The molecular formula is C22H21ClN2O5S. The van der Waals surface area contributed by atoms with E-state index >= 15 is 0 Å². The van der Waals surface area contributed by atoms with E-state index in [1.807, 2.05) is 0 Å². The van der Waals surface area contributed by atoms with Crippen molar-refractivity contribution >= 4 is 38.9 Å². The van der Waals surface area contributed by atoms with Gasteiger partial charge < -0.3 is 14.8 Å². The van der Waals surface area contributed by atoms with Crippen LogP contribution < -0.4 is 19.1 Å². The summed E-state index contributed by atoms with van der Waals surface area (Å²) in [7, 11) is -1.21. The quantitative estimate of drug-likeness (QED) is 0.544. The molecule has 0 bridgehead atoms. The summed E-state index contributed by atoms with van der Waals surface area (Å²) >= 11 is 5.97. The second-order valence-corrected chi connectivity index (χ2v) is 8.72. The number of carbonyl (C=O) groups excluding carboxylic acids is 1. The van der Waals surface area contributed by atoms with E-state index in [2.05, 4.69) is 5.32 Å². The van der Waals surface area contributed by atoms with Crippen LogP contribution in [-0.2, 0) is 14.8 Å². The van der Waals surface area contributed by atoms with Gasteiger partial charge in [0.1, 0.15) is 18.0 Å². The number of halogens is 1. The van der Waals surface area contributed by atoms with Gasteiger partial charge in [-0.25, -0.2) is 8.42 Å². The molecule has 162 valence electrons. The summed E-state index contributed by atoms with van der Waals surface area (Å²) in [6.07, 6.45) is 0. The van der Waals surface area contributed by atoms with Crippen molar-refractivity contribution in [3.8, 4) is 11.5 Å². The highest BCUT2D eigenvalue weighted by Gasteiger charge is 2.30. The molecule has 9 heteroatoms. The fourth-order valence-corrected chi connectivity index (χ4v) is 4.54. The molecule has 31 heavy (non-hydrogen) atoms. The number of rotatable bonds is 8. The molecule has 0 aliphatic heterocycles. The largest absolute Gasteiger partial charge is 0.497 e. The zero-order chi connectivity index (χ0) is 22.4. The summed E-state index contributed by atoms with van der Waals surface area (Å²) in [5, 5.41) is 3.12. The summed E-state index contributed by atoms with van der Waals surface area (Å²) < 4.78 is 38.5. The second-order valence-electron chi connectivity index (χ2n) is 6.42. The maximum absolute atomic E-state index is 13.5. The number of ether oxygens (including phenoxy) is 2. The number of methoxy groups -OCH3 is 2. The first-order valence-electron chi connectivity index (χ1n) is 9.20. The molecule has 3 aromatic carbocycles. The van der Waals surface area contributed by atoms with Crippen LogP contribution in [0.25, 0.3) is 0 Å². The number of benzene rings is 3. The summed E-state index contributed by atoms with van der Waals surface area (Å²) in [6, 6.07) is 19.2. The molecular weight excluding hydrogens is 440 g/mol. The van der Waals surface area contributed by atoms with Gasteiger partial charge in [-0.3, -0.25) is 9.10 Å². The van der Waals surface area contributed by atoms with Crippen molar-refractivity contribution in [2.45, 2.75) is 4.90 Å². The van der Waals surface area contributed by atoms with Gasteiger partial charge in [-0.15, -0.1) is 0 Å². The third-order valence-corrected chi connectivity index (χ3v) is 6.39. The van der Waals surface area contributed by atoms with E-state index in [0.717, 1.165) is 4.31 Å². The number of carbonyl (C=O) groups is 1. The molecule has 0 aliphatic rings. The molecule has 0 saturated heterocycles. The van der Waals surface area contributed by atoms with Crippen LogP contribution in [0.2, 0.25) is 5.02 Å². The van der Waals surface area contributed by atoms with Crippen LogP contribution >= 0.6 is 11.6 Å². The average molecular weight is 461 g/mol. The van der Waals surface area contributed by atoms with Gasteiger partial charge in [-0.05, 0) is 42.5 Å². The van der Waals surface area contributed by atoms with Crippen LogP contribution in [0.5, 0.6) is 11.5 Å². The van der Waals surface area contributed by atoms with Crippen LogP contribution in [0.1, 0.15) is 0 Å². The molecule has 0 aromatic heterocycles. The molecule has 0 atom stereocenters. The van der Waals surface area contributed by atoms with Gasteiger partial charge in [0.05, 0.1) is 24.8 Å². The van der Waals surface area contributed by atoms with E-state index in [4.69, 9.17) is 21.1 Å². The van der Waals surface area contributed by atoms with Gasteiger partial charge in [-0.1, -0.05) is 35.9 Å². The fourth-order valence-electron chi connectivity index (χ4n) is 2.91. The zero-order valence-corrected chi connectivity index (χ0v) is 18.5. The zero-order valence-electron chi connectivity index (χ0n) is 16.9. The highest BCUT2D eigenvalue weighted by atomic mass is 35.5. The first-order valence-corrected chi connectivity index (χ1v) is 11.0. The average Bonchev–Trinajstić information content (AvgIpc) is 2.77. The van der Waals surface area contributed by atoms with E-state index in [0.29, 0.717) is 16.5 Å². The summed E-state index contributed by atoms with van der Waals surface area (Å²) in [4.78, 5) is 12.8. The third-order valence-electron chi connectivity index (χ3n) is 4.38. The monoisotopic (exact) mass is 460 g/mol. The lowest BCUT2D eigenvalue weighted by molar-refractivity contribution is -0.114. The van der Waals surface area contributed by atoms with Gasteiger partial charge in [0, 0.05) is 16.8 Å². The maximum atomic E-state index is 13.5. The topological polar surface area (TPSA) is 84.9 Å². The number of hydrogen-bond donors (Lipinski definition) is 1. The third kappa shape index (κ3) is 5.28. The first kappa shape index (κ1) is 22.5. The van der Waals surface area contributed by atoms with E-state index in [-0.39, 0.29) is 16.3 Å². The first-order chi connectivity index (χ1) is 14.8. The highest BCUT2D eigenvalue weighted by Crippen LogP contribution is 2.35. The van der Waals surface area contributed by atoms with Gasteiger partial charge >= 0.3 is 0 Å². The van der Waals surface area contributed by atoms with Crippen molar-refractivity contribution in [1.82, 2.24) is 0 Å². The van der Waals surface area contributed by atoms with E-state index < -0.39 is 22.5 Å². The molecule has 3 rings (SSSR count). The Kier molecular flexibility index (Phi) is 7.04. The predicted molar refractivity (Wildman–Crippen MR) is 121 cm³/mol. The number of anilines is 2. The molecule has 0 saturated carbocycles. The maximum Gasteiger partial charge on any atom is 0.264 e. The SMILES string of the molecule is COc1ccc(OC)c(N(CC(=O)Nc2cccc(Cl)c2)S(=O)(=O)c2ccccc2)c1. The van der Waals surface area contributed by atoms with Crippen molar-refractivity contribution in [3.05, 3.63) is 77.8 Å². The van der Waals surface area contributed by atoms with Crippen LogP contribution in [0.3, 0.4) is 0 Å². The van der Waals surface area contributed by atoms with Gasteiger partial charge in [0.15, 0.2) is 0 Å². The van der Waals surface area contributed by atoms with E-state index in [1.54, 1.807) is 54.6 Å². The van der Waals surface area contributed by atoms with Crippen LogP contribution in [0, 0.1) is 0 Å². The highest BCUT2D eigenvalue weighted by molar-refractivity contribution is 7.92. The van der Waals surface area contributed by atoms with E-state index in [9.17, 15) is 13.2 Å². The van der Waals surface area contributed by atoms with Crippen LogP contribution in [0.4, 0.5) is 11.4 Å². The van der Waals surface area contributed by atoms with Crippen molar-refractivity contribution in [2.75, 3.05) is 30.4 Å². The Morgan fingerprint density at radius 1 is 0.968 bits per heavy atom. The Labute approximate surface area is 186 Å². The number of sulfonamides is 1. The molecule has 0 spiro atoms. The van der Waals surface area contributed by atoms with Gasteiger partial charge in [0.2, 0.25) is 5.91 Å². The molecule has 3 aromatic rings. The molecule has 1 amide bonds. The Morgan fingerprint density at radius 3 is 2.35 bits per heavy atom. The normalized spacial score (nSPS) is 10.9. The number of nitrogens with zero attached hydrogens (tertiary/aromatic N) is 1. The Bertz CT molecular complexity index is 1170. The fraction of sp³-hybridized carbons (Fsp3) is 0.136. The standard InChI is InChI=1S/C22H21ClN2O5S/c1-29-18-11-12-21(30-2)20(14-18)25(31(27,28)19-9-4-3-5-10-19)15-22(26)24-17-8-6-7-16(23)13-17/h3-14H,15H2,1-2H3,(H,24,26). The Hall–Kier alpha value is -3.23. The summed E-state index contributed by atoms with van der Waals surface area (Å²) in [5.41, 5.74) is 0.624. The minimum Gasteiger partial charge on any atom is -0.497 e. The molecule has 0 heterocycles. The van der Waals surface area contributed by atoms with Crippen LogP contribution in [-0.4, -0.2) is 35.1 Å². The molecule has 1 N–H and O–H groups in total. The molecule has 0 fully saturated rings. The minimum atomic E-state index is -4.10. The Balaban J connectivity index is 2.04. The molecule has 7 nitrogen and oxygen atoms in total. The minimum absolute atomic E-state index is 0.0374. The summed E-state index contributed by atoms with van der Waals surface area (Å²) in [6.45, 7) is -0.493. The van der Waals surface area contributed by atoms with Crippen molar-refractivity contribution in [3.63, 3.8) is 0 Å². The van der Waals surface area contributed by atoms with Crippen molar-refractivity contribution in [1.29, 1.82) is 0 Å². The smallest absolute Gasteiger partial charge is 0.264 e. The second kappa shape index (κ2) is 9.72. The summed E-state index contributed by atoms with van der Waals surface area (Å²) in [5.74, 6) is 0.141. The molecule has 0 radical (unpaired) electrons. The van der Waals surface area contributed by atoms with Crippen molar-refractivity contribution in [2.24, 2.45) is 0 Å². The van der Waals surface area contributed by atoms with Crippen molar-refractivity contribution < 1.29 is 22.7 Å². The van der Waals surface area contributed by atoms with Gasteiger partial charge in [0.25, 0.3) is 10.0 Å². The number of nitrogens with one attached hydrogen (secondary N) is 1. The number of amides is 1.